The van der Waals surface area contributed by atoms with E-state index in [1.165, 1.54) is 25.8 Å². The van der Waals surface area contributed by atoms with E-state index in [9.17, 15) is 9.59 Å². The van der Waals surface area contributed by atoms with E-state index in [0.717, 1.165) is 10.4 Å². The fourth-order valence-corrected chi connectivity index (χ4v) is 3.15. The molecular formula is C23H22N6O4. The quantitative estimate of drug-likeness (QED) is 0.414. The molecule has 1 N–H and O–H groups in total. The highest BCUT2D eigenvalue weighted by molar-refractivity contribution is 5.81. The summed E-state index contributed by atoms with van der Waals surface area (Å²) in [7, 11) is 1.50. The molecule has 10 heteroatoms. The Hall–Kier alpha value is -4.47. The van der Waals surface area contributed by atoms with E-state index in [2.05, 4.69) is 20.5 Å². The standard InChI is InChI=1S/C23H22N6O4/c1-3-24-21(30)14-33-19-10-9-16(11-20(19)32-2)12-26-28-15-25-22-18(23(28)31)13-27-29(22)17-7-5-4-6-8-17/h4-13,15H,3,14H2,1-2H3,(H,24,30)/b26-12+. The SMILES string of the molecule is CCNC(=O)COc1ccc(/C=N/n2cnc3c(cnn3-c3ccccc3)c2=O)cc1OC. The van der Waals surface area contributed by atoms with Gasteiger partial charge in [0.05, 0.1) is 25.2 Å². The lowest BCUT2D eigenvalue weighted by Crippen LogP contribution is -2.28. The number of nitrogens with zero attached hydrogens (tertiary/aromatic N) is 5. The van der Waals surface area contributed by atoms with Gasteiger partial charge in [0.25, 0.3) is 11.5 Å². The maximum atomic E-state index is 12.8. The van der Waals surface area contributed by atoms with Gasteiger partial charge >= 0.3 is 0 Å². The van der Waals surface area contributed by atoms with Crippen LogP contribution in [0.1, 0.15) is 12.5 Å². The Morgan fingerprint density at radius 2 is 2.00 bits per heavy atom. The van der Waals surface area contributed by atoms with E-state index < -0.39 is 0 Å². The molecule has 0 saturated carbocycles. The number of nitrogens with one attached hydrogen (secondary N) is 1. The summed E-state index contributed by atoms with van der Waals surface area (Å²) in [5, 5.41) is 11.5. The van der Waals surface area contributed by atoms with Crippen molar-refractivity contribution < 1.29 is 14.3 Å². The summed E-state index contributed by atoms with van der Waals surface area (Å²) in [6.07, 6.45) is 4.34. The zero-order valence-electron chi connectivity index (χ0n) is 18.1. The number of hydrogen-bond acceptors (Lipinski definition) is 7. The molecule has 0 radical (unpaired) electrons. The first kappa shape index (κ1) is 21.8. The van der Waals surface area contributed by atoms with E-state index >= 15 is 0 Å². The zero-order chi connectivity index (χ0) is 23.2. The number of ether oxygens (including phenoxy) is 2. The second-order valence-corrected chi connectivity index (χ2v) is 6.92. The second kappa shape index (κ2) is 9.77. The molecule has 0 saturated heterocycles. The molecule has 2 heterocycles. The number of rotatable bonds is 8. The Morgan fingerprint density at radius 1 is 1.18 bits per heavy atom. The van der Waals surface area contributed by atoms with Crippen molar-refractivity contribution in [1.29, 1.82) is 0 Å². The predicted molar refractivity (Wildman–Crippen MR) is 123 cm³/mol. The van der Waals surface area contributed by atoms with Crippen LogP contribution in [-0.2, 0) is 4.79 Å². The molecule has 2 aromatic heterocycles. The number of benzene rings is 2. The molecule has 0 atom stereocenters. The molecule has 1 amide bonds. The normalized spacial score (nSPS) is 11.1. The van der Waals surface area contributed by atoms with Crippen molar-refractivity contribution in [3.8, 4) is 17.2 Å². The Bertz CT molecular complexity index is 1360. The average molecular weight is 446 g/mol. The second-order valence-electron chi connectivity index (χ2n) is 6.92. The largest absolute Gasteiger partial charge is 0.493 e. The average Bonchev–Trinajstić information content (AvgIpc) is 3.28. The Labute approximate surface area is 189 Å². The maximum absolute atomic E-state index is 12.8. The van der Waals surface area contributed by atoms with Crippen LogP contribution in [0.5, 0.6) is 11.5 Å². The summed E-state index contributed by atoms with van der Waals surface area (Å²) >= 11 is 0. The van der Waals surface area contributed by atoms with Crippen LogP contribution >= 0.6 is 0 Å². The molecule has 2 aromatic carbocycles. The lowest BCUT2D eigenvalue weighted by Gasteiger charge is -2.11. The number of likely N-dealkylation sites (N-methyl/N-ethyl adjacent to an activating group) is 1. The van der Waals surface area contributed by atoms with E-state index in [0.29, 0.717) is 34.6 Å². The van der Waals surface area contributed by atoms with Gasteiger partial charge in [-0.2, -0.15) is 14.9 Å². The molecule has 4 rings (SSSR count). The van der Waals surface area contributed by atoms with Crippen LogP contribution < -0.4 is 20.3 Å². The van der Waals surface area contributed by atoms with Crippen molar-refractivity contribution in [2.24, 2.45) is 5.10 Å². The van der Waals surface area contributed by atoms with Crippen LogP contribution in [0.4, 0.5) is 0 Å². The van der Waals surface area contributed by atoms with Crippen LogP contribution in [0.3, 0.4) is 0 Å². The third-order valence-corrected chi connectivity index (χ3v) is 4.72. The lowest BCUT2D eigenvalue weighted by molar-refractivity contribution is -0.123. The summed E-state index contributed by atoms with van der Waals surface area (Å²) in [5.41, 5.74) is 1.59. The van der Waals surface area contributed by atoms with Crippen LogP contribution in [0.15, 0.2) is 71.0 Å². The number of carbonyl (C=O) groups is 1. The summed E-state index contributed by atoms with van der Waals surface area (Å²) in [5.74, 6) is 0.644. The Kier molecular flexibility index (Phi) is 6.44. The summed E-state index contributed by atoms with van der Waals surface area (Å²) in [6, 6.07) is 14.6. The Balaban J connectivity index is 1.56. The monoisotopic (exact) mass is 446 g/mol. The predicted octanol–water partition coefficient (Wildman–Crippen LogP) is 1.99. The minimum absolute atomic E-state index is 0.116. The molecule has 33 heavy (non-hydrogen) atoms. The summed E-state index contributed by atoms with van der Waals surface area (Å²) in [4.78, 5) is 28.8. The number of para-hydroxylation sites is 1. The minimum Gasteiger partial charge on any atom is -0.493 e. The number of methoxy groups -OCH3 is 1. The van der Waals surface area contributed by atoms with Gasteiger partial charge in [0.1, 0.15) is 11.7 Å². The number of amides is 1. The van der Waals surface area contributed by atoms with Gasteiger partial charge in [-0.25, -0.2) is 9.67 Å². The van der Waals surface area contributed by atoms with Crippen LogP contribution in [-0.4, -0.2) is 51.8 Å². The molecule has 0 unspecified atom stereocenters. The van der Waals surface area contributed by atoms with Gasteiger partial charge in [-0.3, -0.25) is 9.59 Å². The highest BCUT2D eigenvalue weighted by Gasteiger charge is 2.11. The van der Waals surface area contributed by atoms with Crippen molar-refractivity contribution in [2.75, 3.05) is 20.3 Å². The van der Waals surface area contributed by atoms with Crippen molar-refractivity contribution in [1.82, 2.24) is 24.8 Å². The van der Waals surface area contributed by atoms with E-state index in [-0.39, 0.29) is 18.1 Å². The van der Waals surface area contributed by atoms with Crippen molar-refractivity contribution >= 4 is 23.2 Å². The molecule has 0 fully saturated rings. The topological polar surface area (TPSA) is 113 Å². The van der Waals surface area contributed by atoms with Gasteiger partial charge in [0, 0.05) is 6.54 Å². The molecule has 4 aromatic rings. The molecule has 0 bridgehead atoms. The number of carbonyl (C=O) groups excluding carboxylic acids is 1. The molecule has 10 nitrogen and oxygen atoms in total. The highest BCUT2D eigenvalue weighted by Crippen LogP contribution is 2.27. The van der Waals surface area contributed by atoms with Gasteiger partial charge in [0.2, 0.25) is 0 Å². The third kappa shape index (κ3) is 4.74. The van der Waals surface area contributed by atoms with Gasteiger partial charge in [-0.15, -0.1) is 0 Å². The molecular weight excluding hydrogens is 424 g/mol. The summed E-state index contributed by atoms with van der Waals surface area (Å²) < 4.78 is 13.6. The van der Waals surface area contributed by atoms with E-state index in [4.69, 9.17) is 9.47 Å². The molecule has 0 aliphatic heterocycles. The number of aromatic nitrogens is 4. The van der Waals surface area contributed by atoms with Crippen LogP contribution in [0.2, 0.25) is 0 Å². The van der Waals surface area contributed by atoms with Gasteiger partial charge in [-0.1, -0.05) is 18.2 Å². The molecule has 0 aliphatic carbocycles. The smallest absolute Gasteiger partial charge is 0.285 e. The Morgan fingerprint density at radius 3 is 2.76 bits per heavy atom. The zero-order valence-corrected chi connectivity index (χ0v) is 18.1. The lowest BCUT2D eigenvalue weighted by atomic mass is 10.2. The first-order valence-electron chi connectivity index (χ1n) is 10.2. The van der Waals surface area contributed by atoms with E-state index in [1.807, 2.05) is 37.3 Å². The van der Waals surface area contributed by atoms with Gasteiger partial charge in [-0.05, 0) is 42.8 Å². The fraction of sp³-hybridized carbons (Fsp3) is 0.174. The first-order chi connectivity index (χ1) is 16.1. The molecule has 168 valence electrons. The minimum atomic E-state index is -0.340. The van der Waals surface area contributed by atoms with Crippen molar-refractivity contribution in [3.05, 3.63) is 77.0 Å². The van der Waals surface area contributed by atoms with Crippen molar-refractivity contribution in [2.45, 2.75) is 6.92 Å². The summed E-state index contributed by atoms with van der Waals surface area (Å²) in [6.45, 7) is 2.25. The fourth-order valence-electron chi connectivity index (χ4n) is 3.15. The number of fused-ring (bicyclic) bond motifs is 1. The van der Waals surface area contributed by atoms with Crippen LogP contribution in [0, 0.1) is 0 Å². The first-order valence-corrected chi connectivity index (χ1v) is 10.2. The maximum Gasteiger partial charge on any atom is 0.285 e. The third-order valence-electron chi connectivity index (χ3n) is 4.72. The number of hydrogen-bond donors (Lipinski definition) is 1. The molecule has 0 aliphatic rings. The van der Waals surface area contributed by atoms with Crippen LogP contribution in [0.25, 0.3) is 16.7 Å². The van der Waals surface area contributed by atoms with Gasteiger partial charge in [0.15, 0.2) is 23.8 Å². The van der Waals surface area contributed by atoms with Crippen molar-refractivity contribution in [3.63, 3.8) is 0 Å². The highest BCUT2D eigenvalue weighted by atomic mass is 16.5. The van der Waals surface area contributed by atoms with Gasteiger partial charge < -0.3 is 14.8 Å². The van der Waals surface area contributed by atoms with E-state index in [1.54, 1.807) is 22.9 Å². The molecule has 0 spiro atoms.